The monoisotopic (exact) mass is 474 g/mol. The third-order valence-corrected chi connectivity index (χ3v) is 6.79. The normalized spacial score (nSPS) is 19.7. The Morgan fingerprint density at radius 3 is 2.43 bits per heavy atom. The fraction of sp³-hybridized carbons (Fsp3) is 0.357. The van der Waals surface area contributed by atoms with Crippen LogP contribution in [-0.2, 0) is 19.7 Å². The van der Waals surface area contributed by atoms with Gasteiger partial charge in [0.05, 0.1) is 31.4 Å². The molecule has 35 heavy (non-hydrogen) atoms. The van der Waals surface area contributed by atoms with Gasteiger partial charge in [-0.1, -0.05) is 36.4 Å². The first-order valence-electron chi connectivity index (χ1n) is 12.0. The Labute approximate surface area is 205 Å². The van der Waals surface area contributed by atoms with Crippen LogP contribution in [0.5, 0.6) is 17.4 Å². The number of rotatable bonds is 6. The first kappa shape index (κ1) is 23.3. The molecule has 2 saturated heterocycles. The van der Waals surface area contributed by atoms with Gasteiger partial charge in [-0.3, -0.25) is 4.79 Å². The summed E-state index contributed by atoms with van der Waals surface area (Å²) < 4.78 is 22.8. The fourth-order valence-electron chi connectivity index (χ4n) is 4.85. The number of ether oxygens (including phenoxy) is 4. The molecule has 0 unspecified atom stereocenters. The predicted octanol–water partition coefficient (Wildman–Crippen LogP) is 4.53. The van der Waals surface area contributed by atoms with Gasteiger partial charge in [0, 0.05) is 25.8 Å². The van der Waals surface area contributed by atoms with Crippen LogP contribution in [0.1, 0.15) is 30.2 Å². The molecule has 3 aromatic rings. The van der Waals surface area contributed by atoms with Crippen molar-refractivity contribution in [3.05, 3.63) is 84.1 Å². The number of pyridine rings is 1. The molecule has 1 atom stereocenters. The molecule has 0 N–H and O–H groups in total. The third kappa shape index (κ3) is 5.01. The first-order valence-corrected chi connectivity index (χ1v) is 12.0. The molecule has 7 nitrogen and oxygen atoms in total. The van der Waals surface area contributed by atoms with Crippen molar-refractivity contribution in [1.29, 1.82) is 0 Å². The summed E-state index contributed by atoms with van der Waals surface area (Å²) in [5, 5.41) is 0. The van der Waals surface area contributed by atoms with Gasteiger partial charge in [-0.2, -0.15) is 0 Å². The second-order valence-electron chi connectivity index (χ2n) is 8.85. The smallest absolute Gasteiger partial charge is 0.233 e. The molecule has 0 aliphatic carbocycles. The molecule has 2 aliphatic heterocycles. The van der Waals surface area contributed by atoms with Gasteiger partial charge in [-0.05, 0) is 48.7 Å². The van der Waals surface area contributed by atoms with Gasteiger partial charge in [-0.15, -0.1) is 0 Å². The minimum atomic E-state index is -0.561. The zero-order chi connectivity index (χ0) is 24.1. The van der Waals surface area contributed by atoms with Crippen LogP contribution in [0.15, 0.2) is 72.8 Å². The number of amides is 1. The molecule has 1 amide bonds. The van der Waals surface area contributed by atoms with E-state index in [2.05, 4.69) is 17.1 Å². The lowest BCUT2D eigenvalue weighted by Crippen LogP contribution is -2.53. The molecule has 2 aliphatic rings. The average molecular weight is 475 g/mol. The number of aromatic nitrogens is 1. The van der Waals surface area contributed by atoms with E-state index >= 15 is 0 Å². The Kier molecular flexibility index (Phi) is 6.97. The molecule has 182 valence electrons. The van der Waals surface area contributed by atoms with E-state index in [1.165, 1.54) is 0 Å². The summed E-state index contributed by atoms with van der Waals surface area (Å²) in [7, 11) is 1.63. The largest absolute Gasteiger partial charge is 0.497 e. The van der Waals surface area contributed by atoms with Gasteiger partial charge in [0.15, 0.2) is 0 Å². The Morgan fingerprint density at radius 1 is 0.943 bits per heavy atom. The van der Waals surface area contributed by atoms with Gasteiger partial charge in [0.2, 0.25) is 11.8 Å². The van der Waals surface area contributed by atoms with Crippen LogP contribution in [0.4, 0.5) is 0 Å². The second-order valence-corrected chi connectivity index (χ2v) is 8.85. The van der Waals surface area contributed by atoms with E-state index in [0.717, 1.165) is 17.0 Å². The average Bonchev–Trinajstić information content (AvgIpc) is 2.94. The molecule has 1 aromatic heterocycles. The van der Waals surface area contributed by atoms with Crippen LogP contribution in [0.3, 0.4) is 0 Å². The minimum absolute atomic E-state index is 0.144. The predicted molar refractivity (Wildman–Crippen MR) is 131 cm³/mol. The van der Waals surface area contributed by atoms with Crippen molar-refractivity contribution >= 4 is 5.91 Å². The number of hydrogen-bond acceptors (Lipinski definition) is 6. The van der Waals surface area contributed by atoms with Crippen LogP contribution in [0, 0.1) is 0 Å². The Morgan fingerprint density at radius 2 is 1.69 bits per heavy atom. The number of nitrogens with zero attached hydrogens (tertiary/aromatic N) is 2. The van der Waals surface area contributed by atoms with Crippen LogP contribution >= 0.6 is 0 Å². The van der Waals surface area contributed by atoms with Gasteiger partial charge >= 0.3 is 0 Å². The third-order valence-electron chi connectivity index (χ3n) is 6.79. The molecule has 3 heterocycles. The number of morpholine rings is 1. The summed E-state index contributed by atoms with van der Waals surface area (Å²) in [6.45, 7) is 2.64. The van der Waals surface area contributed by atoms with Gasteiger partial charge in [-0.25, -0.2) is 4.98 Å². The topological polar surface area (TPSA) is 70.1 Å². The maximum atomic E-state index is 14.0. The number of carbonyl (C=O) groups excluding carboxylic acids is 1. The number of carbonyl (C=O) groups is 1. The SMILES string of the molecule is COc1ccc(Oc2cccc([C@@H]3CN(C(=O)C4(c5ccccc5)CCOCC4)CCO3)n2)cc1. The Bertz CT molecular complexity index is 1130. The van der Waals surface area contributed by atoms with Crippen LogP contribution < -0.4 is 9.47 Å². The molecule has 0 radical (unpaired) electrons. The summed E-state index contributed by atoms with van der Waals surface area (Å²) in [4.78, 5) is 20.6. The van der Waals surface area contributed by atoms with Gasteiger partial charge in [0.25, 0.3) is 0 Å². The van der Waals surface area contributed by atoms with Gasteiger partial charge < -0.3 is 23.8 Å². The van der Waals surface area contributed by atoms with Crippen molar-refractivity contribution in [2.45, 2.75) is 24.4 Å². The molecular formula is C28H30N2O5. The highest BCUT2D eigenvalue weighted by molar-refractivity contribution is 5.88. The van der Waals surface area contributed by atoms with E-state index in [4.69, 9.17) is 18.9 Å². The van der Waals surface area contributed by atoms with E-state index in [9.17, 15) is 4.79 Å². The second kappa shape index (κ2) is 10.5. The zero-order valence-corrected chi connectivity index (χ0v) is 19.9. The first-order chi connectivity index (χ1) is 17.2. The summed E-state index contributed by atoms with van der Waals surface area (Å²) in [5.74, 6) is 2.05. The van der Waals surface area contributed by atoms with E-state index in [0.29, 0.717) is 57.4 Å². The highest BCUT2D eigenvalue weighted by atomic mass is 16.5. The van der Waals surface area contributed by atoms with E-state index < -0.39 is 5.41 Å². The molecule has 0 bridgehead atoms. The minimum Gasteiger partial charge on any atom is -0.497 e. The summed E-state index contributed by atoms with van der Waals surface area (Å²) in [6, 6.07) is 23.1. The Balaban J connectivity index is 1.33. The van der Waals surface area contributed by atoms with Crippen LogP contribution in [0.25, 0.3) is 0 Å². The molecular weight excluding hydrogens is 444 g/mol. The van der Waals surface area contributed by atoms with Gasteiger partial charge in [0.1, 0.15) is 17.6 Å². The van der Waals surface area contributed by atoms with Crippen LogP contribution in [0.2, 0.25) is 0 Å². The lowest BCUT2D eigenvalue weighted by molar-refractivity contribution is -0.149. The highest BCUT2D eigenvalue weighted by Gasteiger charge is 2.45. The van der Waals surface area contributed by atoms with Crippen molar-refractivity contribution in [3.8, 4) is 17.4 Å². The lowest BCUT2D eigenvalue weighted by Gasteiger charge is -2.42. The van der Waals surface area contributed by atoms with Crippen LogP contribution in [-0.4, -0.2) is 55.8 Å². The van der Waals surface area contributed by atoms with Crippen molar-refractivity contribution in [1.82, 2.24) is 9.88 Å². The standard InChI is InChI=1S/C28H30N2O5/c1-32-22-10-12-23(13-11-22)35-26-9-5-8-24(29-26)25-20-30(16-19-34-25)27(31)28(14-17-33-18-15-28)21-6-3-2-4-7-21/h2-13,25H,14-20H2,1H3/t25-/m0/s1. The highest BCUT2D eigenvalue weighted by Crippen LogP contribution is 2.38. The van der Waals surface area contributed by atoms with E-state index in [1.54, 1.807) is 7.11 Å². The van der Waals surface area contributed by atoms with Crippen molar-refractivity contribution in [2.24, 2.45) is 0 Å². The maximum Gasteiger partial charge on any atom is 0.233 e. The number of hydrogen-bond donors (Lipinski definition) is 0. The molecule has 7 heteroatoms. The maximum absolute atomic E-state index is 14.0. The van der Waals surface area contributed by atoms with Crippen molar-refractivity contribution in [2.75, 3.05) is 40.0 Å². The molecule has 5 rings (SSSR count). The van der Waals surface area contributed by atoms with E-state index in [-0.39, 0.29) is 12.0 Å². The molecule has 0 spiro atoms. The molecule has 0 saturated carbocycles. The van der Waals surface area contributed by atoms with E-state index in [1.807, 2.05) is 65.6 Å². The summed E-state index contributed by atoms with van der Waals surface area (Å²) >= 11 is 0. The molecule has 2 fully saturated rings. The summed E-state index contributed by atoms with van der Waals surface area (Å²) in [6.07, 6.45) is 1.04. The lowest BCUT2D eigenvalue weighted by atomic mass is 9.73. The van der Waals surface area contributed by atoms with Crippen molar-refractivity contribution < 1.29 is 23.7 Å². The number of benzene rings is 2. The van der Waals surface area contributed by atoms with Crippen molar-refractivity contribution in [3.63, 3.8) is 0 Å². The molecule has 2 aromatic carbocycles. The zero-order valence-electron chi connectivity index (χ0n) is 19.9. The summed E-state index contributed by atoms with van der Waals surface area (Å²) in [5.41, 5.74) is 1.24. The fourth-order valence-corrected chi connectivity index (χ4v) is 4.85. The quantitative estimate of drug-likeness (QED) is 0.523. The Hall–Kier alpha value is -3.42. The number of methoxy groups -OCH3 is 1.